The molecule has 0 unspecified atom stereocenters. The van der Waals surface area contributed by atoms with E-state index in [9.17, 15) is 39.1 Å². The Kier molecular flexibility index (Phi) is 11.0. The maximum atomic E-state index is 12.3. The number of allylic oxidation sites excluding steroid dienone is 1. The van der Waals surface area contributed by atoms with E-state index < -0.39 is 83.7 Å². The average molecular weight is 847 g/mol. The lowest BCUT2D eigenvalue weighted by Crippen LogP contribution is -2.68. The molecule has 0 aromatic carbocycles. The molecule has 2 bridgehead atoms. The normalized spacial score (nSPS) is 54.8. The van der Waals surface area contributed by atoms with Crippen molar-refractivity contribution < 1.29 is 76.2 Å². The molecule has 58 heavy (non-hydrogen) atoms. The number of ether oxygens (including phenoxy) is 6. The summed E-state index contributed by atoms with van der Waals surface area (Å²) in [4.78, 5) is 0. The summed E-state index contributed by atoms with van der Waals surface area (Å²) < 4.78 is 72.9. The minimum Gasteiger partial charge on any atom is -0.389 e. The second-order valence-corrected chi connectivity index (χ2v) is 21.7. The highest BCUT2D eigenvalue weighted by molar-refractivity contribution is 7.80. The summed E-state index contributed by atoms with van der Waals surface area (Å²) >= 11 is 0. The molecule has 0 aromatic rings. The van der Waals surface area contributed by atoms with Gasteiger partial charge in [0.1, 0.15) is 42.7 Å². The van der Waals surface area contributed by atoms with Gasteiger partial charge in [0, 0.05) is 23.7 Å². The Bertz CT molecular complexity index is 1700. The molecule has 8 aliphatic rings. The van der Waals surface area contributed by atoms with Gasteiger partial charge < -0.3 is 59.1 Å². The SMILES string of the molecule is CC(C)=C[C@@H]1CO[C@]23C[C@]4(CO2)[C@@H](CC[C@@H]2[C@@]5(C)CC[C@H](O[C@@H]6OC[C@H](O)[C@@H](O[C@@H]7O[C@H](COS(=O)(=O)O)[C@@H](O)[C@@H](O)[C@H]7O)[C@H]6O)C(C)(C)[C@@H]5CC[C@]24C)[C@H]3[C@@]1(C)O. The molecule has 17 heteroatoms. The highest BCUT2D eigenvalue weighted by atomic mass is 32.3. The summed E-state index contributed by atoms with van der Waals surface area (Å²) in [6.07, 6.45) is -6.20. The van der Waals surface area contributed by atoms with Gasteiger partial charge in [0.25, 0.3) is 0 Å². The third-order valence-corrected chi connectivity index (χ3v) is 17.5. The van der Waals surface area contributed by atoms with Crippen molar-refractivity contribution in [1.82, 2.24) is 0 Å². The van der Waals surface area contributed by atoms with Crippen LogP contribution < -0.4 is 0 Å². The van der Waals surface area contributed by atoms with Gasteiger partial charge in [-0.1, -0.05) is 39.3 Å². The first-order chi connectivity index (χ1) is 26.9. The summed E-state index contributed by atoms with van der Waals surface area (Å²) in [7, 11) is -4.92. The molecule has 20 atom stereocenters. The van der Waals surface area contributed by atoms with Gasteiger partial charge in [0.15, 0.2) is 18.4 Å². The fourth-order valence-corrected chi connectivity index (χ4v) is 14.7. The van der Waals surface area contributed by atoms with E-state index in [1.165, 1.54) is 5.57 Å². The zero-order chi connectivity index (χ0) is 42.2. The quantitative estimate of drug-likeness (QED) is 0.105. The van der Waals surface area contributed by atoms with E-state index in [0.717, 1.165) is 38.5 Å². The molecule has 332 valence electrons. The van der Waals surface area contributed by atoms with Gasteiger partial charge in [0.2, 0.25) is 0 Å². The number of hydrogen-bond acceptors (Lipinski definition) is 15. The summed E-state index contributed by atoms with van der Waals surface area (Å²) in [5, 5.41) is 66.2. The number of aliphatic hydroxyl groups excluding tert-OH is 5. The van der Waals surface area contributed by atoms with E-state index in [1.54, 1.807) is 0 Å². The number of aliphatic hydroxyl groups is 6. The Morgan fingerprint density at radius 3 is 2.24 bits per heavy atom. The van der Waals surface area contributed by atoms with Crippen LogP contribution in [0.3, 0.4) is 0 Å². The van der Waals surface area contributed by atoms with E-state index >= 15 is 0 Å². The minimum atomic E-state index is -4.92. The van der Waals surface area contributed by atoms with Gasteiger partial charge in [-0.2, -0.15) is 8.42 Å². The highest BCUT2D eigenvalue weighted by Crippen LogP contribution is 2.80. The molecule has 0 amide bonds. The number of hydrogen-bond donors (Lipinski definition) is 7. The summed E-state index contributed by atoms with van der Waals surface area (Å²) in [6, 6.07) is 0. The molecule has 0 aromatic heterocycles. The van der Waals surface area contributed by atoms with E-state index in [0.29, 0.717) is 31.5 Å². The third kappa shape index (κ3) is 6.54. The van der Waals surface area contributed by atoms with Gasteiger partial charge in [-0.3, -0.25) is 4.55 Å². The van der Waals surface area contributed by atoms with Crippen LogP contribution in [-0.2, 0) is 43.0 Å². The molecular weight excluding hydrogens is 781 g/mol. The summed E-state index contributed by atoms with van der Waals surface area (Å²) in [5.41, 5.74) is -0.319. The van der Waals surface area contributed by atoms with Gasteiger partial charge in [-0.15, -0.1) is 0 Å². The molecule has 16 nitrogen and oxygen atoms in total. The Balaban J connectivity index is 0.973. The maximum Gasteiger partial charge on any atom is 0.397 e. The van der Waals surface area contributed by atoms with Crippen molar-refractivity contribution in [2.45, 2.75) is 166 Å². The lowest BCUT2D eigenvalue weighted by molar-refractivity contribution is -0.357. The third-order valence-electron chi connectivity index (χ3n) is 17.1. The fraction of sp³-hybridized carbons (Fsp3) is 0.951. The van der Waals surface area contributed by atoms with Crippen molar-refractivity contribution >= 4 is 10.4 Å². The van der Waals surface area contributed by atoms with Crippen molar-refractivity contribution in [2.75, 3.05) is 26.4 Å². The zero-order valence-corrected chi connectivity index (χ0v) is 35.5. The number of fused-ring (bicyclic) bond motifs is 4. The standard InChI is InChI=1S/C41H66O16S/c1-20(2)14-21-15-52-41-18-40(19-53-41)22(33(41)39(21,7)47)8-9-26-37(5)12-11-27(36(3,4)25(37)10-13-38(26,40)6)56-34-31(46)32(23(42)16-51-34)57-35-30(45)29(44)28(43)24(55-35)17-54-58(48,49)50/h14,21-35,42-47H,8-13,15-19H2,1-7H3,(H,48,49,50)/t21-,22+,23+,24-,25+,26-,27+,28-,29-,30-,31-,32-,33+,34+,35+,37+,38-,39+,40+,41-/m1/s1. The second-order valence-electron chi connectivity index (χ2n) is 20.6. The Morgan fingerprint density at radius 2 is 1.55 bits per heavy atom. The molecule has 4 heterocycles. The van der Waals surface area contributed by atoms with Crippen LogP contribution in [0.25, 0.3) is 0 Å². The predicted octanol–water partition coefficient (Wildman–Crippen LogP) is 1.83. The molecule has 8 rings (SSSR count). The zero-order valence-electron chi connectivity index (χ0n) is 34.7. The molecule has 7 N–H and O–H groups in total. The largest absolute Gasteiger partial charge is 0.397 e. The molecule has 4 saturated heterocycles. The molecular formula is C41H66O16S. The highest BCUT2D eigenvalue weighted by Gasteiger charge is 2.81. The average Bonchev–Trinajstić information content (AvgIpc) is 3.66. The van der Waals surface area contributed by atoms with Crippen molar-refractivity contribution in [1.29, 1.82) is 0 Å². The monoisotopic (exact) mass is 846 g/mol. The van der Waals surface area contributed by atoms with Crippen LogP contribution >= 0.6 is 0 Å². The fourth-order valence-electron chi connectivity index (χ4n) is 14.4. The van der Waals surface area contributed by atoms with Crippen LogP contribution in [0, 0.1) is 51.2 Å². The lowest BCUT2D eigenvalue weighted by atomic mass is 9.35. The van der Waals surface area contributed by atoms with E-state index in [1.807, 2.05) is 6.92 Å². The Labute approximate surface area is 341 Å². The smallest absolute Gasteiger partial charge is 0.389 e. The van der Waals surface area contributed by atoms with Crippen molar-refractivity contribution in [3.8, 4) is 0 Å². The van der Waals surface area contributed by atoms with Gasteiger partial charge in [-0.25, -0.2) is 4.18 Å². The first-order valence-corrected chi connectivity index (χ1v) is 22.5. The van der Waals surface area contributed by atoms with Crippen molar-refractivity contribution in [3.05, 3.63) is 11.6 Å². The minimum absolute atomic E-state index is 0.0308. The van der Waals surface area contributed by atoms with E-state index in [4.69, 9.17) is 33.0 Å². The molecule has 0 radical (unpaired) electrons. The van der Waals surface area contributed by atoms with Gasteiger partial charge in [0.05, 0.1) is 38.1 Å². The molecule has 8 fully saturated rings. The summed E-state index contributed by atoms with van der Waals surface area (Å²) in [6.45, 7) is 15.4. The topological polar surface area (TPSA) is 240 Å². The van der Waals surface area contributed by atoms with Crippen LogP contribution in [0.1, 0.15) is 93.4 Å². The van der Waals surface area contributed by atoms with E-state index in [2.05, 4.69) is 51.8 Å². The van der Waals surface area contributed by atoms with Crippen LogP contribution in [0.4, 0.5) is 0 Å². The van der Waals surface area contributed by atoms with Crippen molar-refractivity contribution in [3.63, 3.8) is 0 Å². The van der Waals surface area contributed by atoms with Gasteiger partial charge >= 0.3 is 10.4 Å². The molecule has 2 spiro atoms. The first kappa shape index (κ1) is 43.8. The Morgan fingerprint density at radius 1 is 0.828 bits per heavy atom. The maximum absolute atomic E-state index is 12.3. The van der Waals surface area contributed by atoms with Crippen LogP contribution in [-0.4, -0.2) is 143 Å². The summed E-state index contributed by atoms with van der Waals surface area (Å²) in [5.74, 6) is -0.00618. The predicted molar refractivity (Wildman–Crippen MR) is 203 cm³/mol. The Hall–Kier alpha value is -0.870. The first-order valence-electron chi connectivity index (χ1n) is 21.2. The molecule has 4 aliphatic carbocycles. The second kappa shape index (κ2) is 14.6. The number of rotatable bonds is 8. The molecule has 4 saturated carbocycles. The van der Waals surface area contributed by atoms with Crippen LogP contribution in [0.15, 0.2) is 11.6 Å². The van der Waals surface area contributed by atoms with Crippen LogP contribution in [0.5, 0.6) is 0 Å². The molecule has 4 aliphatic heterocycles. The van der Waals surface area contributed by atoms with Gasteiger partial charge in [-0.05, 0) is 93.3 Å². The van der Waals surface area contributed by atoms with E-state index in [-0.39, 0.29) is 52.1 Å². The van der Waals surface area contributed by atoms with Crippen molar-refractivity contribution in [2.24, 2.45) is 51.2 Å². The van der Waals surface area contributed by atoms with Crippen LogP contribution in [0.2, 0.25) is 0 Å². The lowest BCUT2D eigenvalue weighted by Gasteiger charge is -2.70.